The fourth-order valence-corrected chi connectivity index (χ4v) is 4.59. The van der Waals surface area contributed by atoms with Gasteiger partial charge in [-0.15, -0.1) is 0 Å². The van der Waals surface area contributed by atoms with E-state index in [-0.39, 0.29) is 16.8 Å². The zero-order valence-electron chi connectivity index (χ0n) is 16.4. The van der Waals surface area contributed by atoms with Crippen molar-refractivity contribution in [2.75, 3.05) is 6.54 Å². The predicted molar refractivity (Wildman–Crippen MR) is 108 cm³/mol. The Balaban J connectivity index is 1.70. The summed E-state index contributed by atoms with van der Waals surface area (Å²) in [6.45, 7) is 6.26. The Morgan fingerprint density at radius 2 is 1.68 bits per heavy atom. The van der Waals surface area contributed by atoms with Gasteiger partial charge in [-0.1, -0.05) is 24.3 Å². The van der Waals surface area contributed by atoms with E-state index in [4.69, 9.17) is 4.74 Å². The van der Waals surface area contributed by atoms with Crippen LogP contribution in [0.2, 0.25) is 0 Å². The first-order chi connectivity index (χ1) is 13.3. The fraction of sp³-hybridized carbons (Fsp3) is 0.381. The van der Waals surface area contributed by atoms with Gasteiger partial charge in [-0.3, -0.25) is 4.79 Å². The van der Waals surface area contributed by atoms with Crippen molar-refractivity contribution < 1.29 is 17.9 Å². The molecule has 2 aromatic carbocycles. The van der Waals surface area contributed by atoms with E-state index < -0.39 is 16.1 Å². The lowest BCUT2D eigenvalue weighted by Gasteiger charge is -2.28. The zero-order valence-corrected chi connectivity index (χ0v) is 17.2. The minimum Gasteiger partial charge on any atom is -0.481 e. The van der Waals surface area contributed by atoms with Crippen molar-refractivity contribution in [2.24, 2.45) is 0 Å². The molecular formula is C21H26N2O4S. The lowest BCUT2D eigenvalue weighted by Crippen LogP contribution is -2.40. The van der Waals surface area contributed by atoms with Gasteiger partial charge in [0.05, 0.1) is 4.90 Å². The van der Waals surface area contributed by atoms with E-state index in [2.05, 4.69) is 5.32 Å². The van der Waals surface area contributed by atoms with E-state index in [9.17, 15) is 13.2 Å². The smallest absolute Gasteiger partial charge is 0.260 e. The summed E-state index contributed by atoms with van der Waals surface area (Å²) in [5, 5.41) is 2.78. The minimum absolute atomic E-state index is 0.0285. The van der Waals surface area contributed by atoms with E-state index in [1.807, 2.05) is 38.1 Å². The van der Waals surface area contributed by atoms with Gasteiger partial charge in [0.1, 0.15) is 5.75 Å². The van der Waals surface area contributed by atoms with E-state index in [0.717, 1.165) is 5.56 Å². The highest BCUT2D eigenvalue weighted by Gasteiger charge is 2.28. The number of sulfonamides is 1. The first-order valence-corrected chi connectivity index (χ1v) is 10.9. The van der Waals surface area contributed by atoms with Crippen LogP contribution in [0.15, 0.2) is 53.4 Å². The van der Waals surface area contributed by atoms with Crippen LogP contribution in [0, 0.1) is 0 Å². The molecule has 2 aromatic rings. The van der Waals surface area contributed by atoms with Crippen LogP contribution >= 0.6 is 0 Å². The standard InChI is InChI=1S/C21H26N2O4S/c1-15(2)22-21(24)16(3)27-19-8-10-20(11-9-19)28(25,26)23-13-12-17-6-4-5-7-18(17)14-23/h4-11,15-16H,12-14H2,1-3H3,(H,22,24)/t16-/m0/s1. The maximum Gasteiger partial charge on any atom is 0.260 e. The highest BCUT2D eigenvalue weighted by atomic mass is 32.2. The van der Waals surface area contributed by atoms with Crippen molar-refractivity contribution in [3.8, 4) is 5.75 Å². The third-order valence-electron chi connectivity index (χ3n) is 4.67. The summed E-state index contributed by atoms with van der Waals surface area (Å²) in [5.41, 5.74) is 2.24. The molecule has 0 saturated carbocycles. The molecule has 6 nitrogen and oxygen atoms in total. The molecule has 0 unspecified atom stereocenters. The van der Waals surface area contributed by atoms with Crippen molar-refractivity contribution in [1.29, 1.82) is 0 Å². The fourth-order valence-electron chi connectivity index (χ4n) is 3.17. The monoisotopic (exact) mass is 402 g/mol. The zero-order chi connectivity index (χ0) is 20.3. The first kappa shape index (κ1) is 20.4. The molecule has 1 aliphatic heterocycles. The van der Waals surface area contributed by atoms with Crippen LogP contribution in [0.5, 0.6) is 5.75 Å². The topological polar surface area (TPSA) is 75.7 Å². The molecule has 0 radical (unpaired) electrons. The Bertz CT molecular complexity index is 939. The van der Waals surface area contributed by atoms with Gasteiger partial charge < -0.3 is 10.1 Å². The molecule has 1 amide bonds. The lowest BCUT2D eigenvalue weighted by atomic mass is 10.0. The van der Waals surface area contributed by atoms with Crippen LogP contribution in [-0.2, 0) is 27.8 Å². The van der Waals surface area contributed by atoms with Gasteiger partial charge in [-0.25, -0.2) is 8.42 Å². The normalized spacial score (nSPS) is 15.7. The third kappa shape index (κ3) is 4.54. The summed E-state index contributed by atoms with van der Waals surface area (Å²) in [6.07, 6.45) is 0.0439. The lowest BCUT2D eigenvalue weighted by molar-refractivity contribution is -0.127. The summed E-state index contributed by atoms with van der Waals surface area (Å²) in [6, 6.07) is 14.2. The molecule has 7 heteroatoms. The van der Waals surface area contributed by atoms with Gasteiger partial charge in [0.15, 0.2) is 6.10 Å². The second kappa shape index (κ2) is 8.32. The Morgan fingerprint density at radius 3 is 2.32 bits per heavy atom. The highest BCUT2D eigenvalue weighted by Crippen LogP contribution is 2.26. The van der Waals surface area contributed by atoms with E-state index in [1.54, 1.807) is 19.1 Å². The quantitative estimate of drug-likeness (QED) is 0.806. The van der Waals surface area contributed by atoms with Gasteiger partial charge >= 0.3 is 0 Å². The van der Waals surface area contributed by atoms with Crippen molar-refractivity contribution in [3.63, 3.8) is 0 Å². The van der Waals surface area contributed by atoms with Crippen LogP contribution in [0.25, 0.3) is 0 Å². The summed E-state index contributed by atoms with van der Waals surface area (Å²) in [4.78, 5) is 12.2. The van der Waals surface area contributed by atoms with E-state index in [0.29, 0.717) is 25.3 Å². The molecule has 28 heavy (non-hydrogen) atoms. The number of ether oxygens (including phenoxy) is 1. The number of hydrogen-bond donors (Lipinski definition) is 1. The van der Waals surface area contributed by atoms with Gasteiger partial charge in [-0.2, -0.15) is 4.31 Å². The van der Waals surface area contributed by atoms with Crippen molar-refractivity contribution in [3.05, 3.63) is 59.7 Å². The van der Waals surface area contributed by atoms with Crippen molar-refractivity contribution in [2.45, 2.75) is 50.8 Å². The van der Waals surface area contributed by atoms with E-state index >= 15 is 0 Å². The van der Waals surface area contributed by atoms with Crippen LogP contribution in [0.3, 0.4) is 0 Å². The molecule has 0 spiro atoms. The Morgan fingerprint density at radius 1 is 1.04 bits per heavy atom. The molecule has 0 aliphatic carbocycles. The van der Waals surface area contributed by atoms with Gasteiger partial charge in [0, 0.05) is 19.1 Å². The second-order valence-corrected chi connectivity index (χ2v) is 9.19. The van der Waals surface area contributed by atoms with Gasteiger partial charge in [0.2, 0.25) is 10.0 Å². The molecule has 3 rings (SSSR count). The van der Waals surface area contributed by atoms with Crippen molar-refractivity contribution in [1.82, 2.24) is 9.62 Å². The largest absolute Gasteiger partial charge is 0.481 e. The molecule has 1 aliphatic rings. The summed E-state index contributed by atoms with van der Waals surface area (Å²) >= 11 is 0. The van der Waals surface area contributed by atoms with Crippen LogP contribution < -0.4 is 10.1 Å². The van der Waals surface area contributed by atoms with Gasteiger partial charge in [0.25, 0.3) is 5.91 Å². The number of carbonyl (C=O) groups is 1. The SMILES string of the molecule is CC(C)NC(=O)[C@H](C)Oc1ccc(S(=O)(=O)N2CCc3ccccc3C2)cc1. The highest BCUT2D eigenvalue weighted by molar-refractivity contribution is 7.89. The maximum atomic E-state index is 13.0. The average Bonchev–Trinajstić information content (AvgIpc) is 2.67. The molecule has 0 saturated heterocycles. The molecule has 1 heterocycles. The van der Waals surface area contributed by atoms with Crippen molar-refractivity contribution >= 4 is 15.9 Å². The van der Waals surface area contributed by atoms with Gasteiger partial charge in [-0.05, 0) is 62.6 Å². The molecule has 0 aromatic heterocycles. The molecule has 1 N–H and O–H groups in total. The number of hydrogen-bond acceptors (Lipinski definition) is 4. The Hall–Kier alpha value is -2.38. The molecular weight excluding hydrogens is 376 g/mol. The number of nitrogens with zero attached hydrogens (tertiary/aromatic N) is 1. The van der Waals surface area contributed by atoms with Crippen LogP contribution in [-0.4, -0.2) is 37.3 Å². The molecule has 150 valence electrons. The number of carbonyl (C=O) groups excluding carboxylic acids is 1. The second-order valence-electron chi connectivity index (χ2n) is 7.25. The minimum atomic E-state index is -3.58. The summed E-state index contributed by atoms with van der Waals surface area (Å²) in [5.74, 6) is 0.244. The predicted octanol–water partition coefficient (Wildman–Crippen LogP) is 2.73. The number of benzene rings is 2. The first-order valence-electron chi connectivity index (χ1n) is 9.41. The number of nitrogens with one attached hydrogen (secondary N) is 1. The maximum absolute atomic E-state index is 13.0. The number of fused-ring (bicyclic) bond motifs is 1. The molecule has 1 atom stereocenters. The van der Waals surface area contributed by atoms with Crippen LogP contribution in [0.4, 0.5) is 0 Å². The molecule has 0 bridgehead atoms. The third-order valence-corrected chi connectivity index (χ3v) is 6.53. The van der Waals surface area contributed by atoms with Crippen LogP contribution in [0.1, 0.15) is 31.9 Å². The Kier molecular flexibility index (Phi) is 6.05. The van der Waals surface area contributed by atoms with E-state index in [1.165, 1.54) is 22.0 Å². The number of amides is 1. The molecule has 0 fully saturated rings. The average molecular weight is 403 g/mol. The summed E-state index contributed by atoms with van der Waals surface area (Å²) < 4.78 is 33.1. The Labute approximate surface area is 166 Å². The summed E-state index contributed by atoms with van der Waals surface area (Å²) in [7, 11) is -3.58. The number of rotatable bonds is 6.